The number of hydrogen-bond acceptors (Lipinski definition) is 3. The Morgan fingerprint density at radius 3 is 1.56 bits per heavy atom. The highest BCUT2D eigenvalue weighted by Gasteiger charge is 2.58. The Labute approximate surface area is 453 Å². The van der Waals surface area contributed by atoms with Crippen LogP contribution in [0.1, 0.15) is 218 Å². The van der Waals surface area contributed by atoms with Crippen LogP contribution in [0.25, 0.3) is 0 Å². The number of aryl methyl sites for hydroxylation is 2. The van der Waals surface area contributed by atoms with E-state index >= 15 is 0 Å². The third kappa shape index (κ3) is 6.59. The Kier molecular flexibility index (Phi) is 9.79. The zero-order valence-corrected chi connectivity index (χ0v) is 49.5. The van der Waals surface area contributed by atoms with E-state index in [9.17, 15) is 0 Å². The second kappa shape index (κ2) is 14.9. The van der Waals surface area contributed by atoms with Gasteiger partial charge in [0.2, 0.25) is 0 Å². The lowest BCUT2D eigenvalue weighted by Crippen LogP contribution is -2.61. The minimum atomic E-state index is -0.0743. The number of fused-ring (bicyclic) bond motifs is 10. The Bertz CT molecular complexity index is 3500. The molecule has 6 aromatic carbocycles. The molecule has 0 amide bonds. The predicted octanol–water partition coefficient (Wildman–Crippen LogP) is 17.3. The smallest absolute Gasteiger partial charge is 0.252 e. The van der Waals surface area contributed by atoms with Crippen molar-refractivity contribution in [1.82, 2.24) is 0 Å². The molecule has 6 aromatic rings. The van der Waals surface area contributed by atoms with Gasteiger partial charge in [-0.2, -0.15) is 0 Å². The Hall–Kier alpha value is -5.22. The van der Waals surface area contributed by atoms with E-state index in [1.807, 2.05) is 0 Å². The maximum Gasteiger partial charge on any atom is 0.252 e. The normalized spacial score (nSPS) is 25.0. The first-order chi connectivity index (χ1) is 34.8. The van der Waals surface area contributed by atoms with E-state index in [0.717, 1.165) is 19.3 Å². The van der Waals surface area contributed by atoms with Crippen molar-refractivity contribution in [2.24, 2.45) is 0 Å². The minimum absolute atomic E-state index is 0.0280. The lowest BCUT2D eigenvalue weighted by Gasteiger charge is -2.51. The lowest BCUT2D eigenvalue weighted by molar-refractivity contribution is 0.195. The first-order valence-electron chi connectivity index (χ1n) is 29.1. The molecule has 0 saturated heterocycles. The third-order valence-electron chi connectivity index (χ3n) is 21.4. The summed E-state index contributed by atoms with van der Waals surface area (Å²) in [4.78, 5) is 8.31. The Morgan fingerprint density at radius 2 is 0.933 bits per heavy atom. The lowest BCUT2D eigenvalue weighted by atomic mass is 9.33. The molecule has 7 aliphatic rings. The average Bonchev–Trinajstić information content (AvgIpc) is 3.80. The van der Waals surface area contributed by atoms with Gasteiger partial charge in [-0.3, -0.25) is 0 Å². The molecule has 1 saturated carbocycles. The van der Waals surface area contributed by atoms with Crippen LogP contribution < -0.4 is 31.1 Å². The van der Waals surface area contributed by atoms with Gasteiger partial charge in [0.15, 0.2) is 0 Å². The molecule has 0 radical (unpaired) electrons. The average molecular weight is 992 g/mol. The molecule has 3 heterocycles. The molecule has 0 N–H and O–H groups in total. The summed E-state index contributed by atoms with van der Waals surface area (Å²) in [5.74, 6) is 0. The molecule has 4 heteroatoms. The van der Waals surface area contributed by atoms with Gasteiger partial charge in [0.1, 0.15) is 0 Å². The number of nitrogens with zero attached hydrogens (tertiary/aromatic N) is 3. The molecule has 0 bridgehead atoms. The molecule has 13 rings (SSSR count). The van der Waals surface area contributed by atoms with Gasteiger partial charge in [-0.25, -0.2) is 0 Å². The van der Waals surface area contributed by atoms with Gasteiger partial charge in [0, 0.05) is 50.9 Å². The quantitative estimate of drug-likeness (QED) is 0.163. The van der Waals surface area contributed by atoms with Crippen molar-refractivity contribution < 1.29 is 0 Å². The van der Waals surface area contributed by atoms with Crippen LogP contribution in [0.15, 0.2) is 91.0 Å². The molecular formula is C71H86BN3. The number of benzene rings is 6. The highest BCUT2D eigenvalue weighted by molar-refractivity contribution is 7.00. The monoisotopic (exact) mass is 992 g/mol. The molecule has 3 nitrogen and oxygen atoms in total. The van der Waals surface area contributed by atoms with E-state index in [0.29, 0.717) is 0 Å². The molecule has 388 valence electrons. The van der Waals surface area contributed by atoms with Crippen LogP contribution in [0.5, 0.6) is 0 Å². The van der Waals surface area contributed by atoms with E-state index in [1.54, 1.807) is 0 Å². The molecule has 75 heavy (non-hydrogen) atoms. The second-order valence-corrected chi connectivity index (χ2v) is 30.9. The predicted molar refractivity (Wildman–Crippen MR) is 323 cm³/mol. The van der Waals surface area contributed by atoms with Crippen LogP contribution in [-0.4, -0.2) is 12.3 Å². The fourth-order valence-corrected chi connectivity index (χ4v) is 18.3. The van der Waals surface area contributed by atoms with Crippen molar-refractivity contribution in [3.63, 3.8) is 0 Å². The molecule has 3 aliphatic heterocycles. The first kappa shape index (κ1) is 49.4. The summed E-state index contributed by atoms with van der Waals surface area (Å²) in [6.07, 6.45) is 8.33. The molecule has 2 atom stereocenters. The summed E-state index contributed by atoms with van der Waals surface area (Å²) < 4.78 is 0. The van der Waals surface area contributed by atoms with Crippen molar-refractivity contribution in [3.8, 4) is 0 Å². The van der Waals surface area contributed by atoms with Crippen LogP contribution in [0.3, 0.4) is 0 Å². The van der Waals surface area contributed by atoms with Crippen molar-refractivity contribution >= 4 is 68.6 Å². The second-order valence-electron chi connectivity index (χ2n) is 30.9. The van der Waals surface area contributed by atoms with E-state index in [2.05, 4.69) is 237 Å². The van der Waals surface area contributed by atoms with E-state index in [4.69, 9.17) is 0 Å². The maximum atomic E-state index is 2.83. The topological polar surface area (TPSA) is 9.72 Å². The summed E-state index contributed by atoms with van der Waals surface area (Å²) in [6.45, 7) is 46.9. The fourth-order valence-electron chi connectivity index (χ4n) is 18.3. The maximum absolute atomic E-state index is 2.83. The van der Waals surface area contributed by atoms with Crippen LogP contribution in [0.2, 0.25) is 0 Å². The van der Waals surface area contributed by atoms with Crippen molar-refractivity contribution in [2.45, 2.75) is 225 Å². The van der Waals surface area contributed by atoms with Crippen molar-refractivity contribution in [3.05, 3.63) is 147 Å². The van der Waals surface area contributed by atoms with Gasteiger partial charge in [0.05, 0.1) is 5.54 Å². The molecule has 0 aromatic heterocycles. The standard InChI is InChI=1S/C71H86BN3/c1-42-30-60-62-61(31-42)74(57-37-51-48(32-43(57)2)65(8,9)40-68(51,14)15)58-35-46(75-56-27-22-44(63(3,4)5)33-53(56)70(18)28-20-21-29-71(70,75)19)24-26-54(58)72(62)55-36-50-52(69(16,17)41-67(50,12)13)38-59(55)73(60)45-23-25-47-49(34-45)66(10,11)39-64(47,6)7/h22-27,30-38H,20-21,28-29,39-41H2,1-19H3. The van der Waals surface area contributed by atoms with E-state index in [-0.39, 0.29) is 55.6 Å². The van der Waals surface area contributed by atoms with Crippen molar-refractivity contribution in [1.29, 1.82) is 0 Å². The summed E-state index contributed by atoms with van der Waals surface area (Å²) in [6, 6.07) is 38.6. The molecule has 4 aliphatic carbocycles. The number of hydrogen-bond donors (Lipinski definition) is 0. The summed E-state index contributed by atoms with van der Waals surface area (Å²) in [5.41, 5.74) is 30.0. The summed E-state index contributed by atoms with van der Waals surface area (Å²) in [7, 11) is 0. The highest BCUT2D eigenvalue weighted by atomic mass is 15.3. The SMILES string of the molecule is Cc1cc2c3c(c1)N(c1cc4c(cc1C)C(C)(C)CC4(C)C)c1cc(N4c5ccc(C(C)(C)C)cc5C5(C)CCCCC45C)ccc1B3c1cc3c(cc1N2c1ccc2c(c1)C(C)(C)CC2(C)C)C(C)(C)CC3(C)C. The van der Waals surface area contributed by atoms with Crippen LogP contribution in [0, 0.1) is 13.8 Å². The molecule has 1 fully saturated rings. The van der Waals surface area contributed by atoms with Crippen LogP contribution in [-0.2, 0) is 43.3 Å². The minimum Gasteiger partial charge on any atom is -0.334 e. The fraction of sp³-hybridized carbons (Fsp3) is 0.493. The third-order valence-corrected chi connectivity index (χ3v) is 21.4. The summed E-state index contributed by atoms with van der Waals surface area (Å²) in [5, 5.41) is 0. The van der Waals surface area contributed by atoms with Gasteiger partial charge in [-0.1, -0.05) is 160 Å². The molecular weight excluding hydrogens is 906 g/mol. The highest BCUT2D eigenvalue weighted by Crippen LogP contribution is 2.63. The van der Waals surface area contributed by atoms with Crippen LogP contribution >= 0.6 is 0 Å². The van der Waals surface area contributed by atoms with Gasteiger partial charge >= 0.3 is 0 Å². The molecule has 2 unspecified atom stereocenters. The van der Waals surface area contributed by atoms with Gasteiger partial charge < -0.3 is 14.7 Å². The number of anilines is 8. The number of rotatable bonds is 3. The van der Waals surface area contributed by atoms with Gasteiger partial charge in [-0.05, 0) is 217 Å². The van der Waals surface area contributed by atoms with Crippen LogP contribution in [0.4, 0.5) is 45.5 Å². The zero-order valence-electron chi connectivity index (χ0n) is 49.5. The largest absolute Gasteiger partial charge is 0.334 e. The summed E-state index contributed by atoms with van der Waals surface area (Å²) >= 11 is 0. The van der Waals surface area contributed by atoms with Crippen molar-refractivity contribution in [2.75, 3.05) is 14.7 Å². The Balaban J connectivity index is 1.12. The molecule has 0 spiro atoms. The van der Waals surface area contributed by atoms with E-state index in [1.165, 1.54) is 143 Å². The van der Waals surface area contributed by atoms with Gasteiger partial charge in [0.25, 0.3) is 6.71 Å². The first-order valence-corrected chi connectivity index (χ1v) is 29.1. The van der Waals surface area contributed by atoms with E-state index < -0.39 is 0 Å². The Morgan fingerprint density at radius 1 is 0.413 bits per heavy atom. The zero-order chi connectivity index (χ0) is 53.5. The van der Waals surface area contributed by atoms with Gasteiger partial charge in [-0.15, -0.1) is 0 Å².